The third kappa shape index (κ3) is 75.2. The van der Waals surface area contributed by atoms with Gasteiger partial charge in [0.15, 0.2) is 0 Å². The average Bonchev–Trinajstić information content (AvgIpc) is 3.05. The summed E-state index contributed by atoms with van der Waals surface area (Å²) in [6, 6.07) is 0. The summed E-state index contributed by atoms with van der Waals surface area (Å²) in [4.78, 5) is 56.5. The van der Waals surface area contributed by atoms with E-state index in [9.17, 15) is 28.8 Å². The third-order valence-corrected chi connectivity index (χ3v) is 3.91. The Bertz CT molecular complexity index is 849. The molecule has 0 heterocycles. The van der Waals surface area contributed by atoms with Crippen LogP contribution in [0.4, 0.5) is 0 Å². The van der Waals surface area contributed by atoms with Gasteiger partial charge in [0.05, 0.1) is 39.6 Å². The van der Waals surface area contributed by atoms with Gasteiger partial charge in [-0.2, -0.15) is 0 Å². The van der Waals surface area contributed by atoms with Gasteiger partial charge in [-0.3, -0.25) is 0 Å². The van der Waals surface area contributed by atoms with Crippen LogP contribution in [-0.2, 0) is 28.8 Å². The van der Waals surface area contributed by atoms with Gasteiger partial charge in [0, 0.05) is 45.8 Å². The molecule has 0 amide bonds. The molecule has 18 nitrogen and oxygen atoms in total. The second kappa shape index (κ2) is 41.0. The largest absolute Gasteiger partial charge is 0.478 e. The molecule has 0 unspecified atom stereocenters. The number of aliphatic hydroxyl groups is 6. The molecule has 0 aromatic carbocycles. The van der Waals surface area contributed by atoms with E-state index in [2.05, 4.69) is 39.5 Å². The maximum Gasteiger partial charge on any atom is 0.330 e. The zero-order valence-corrected chi connectivity index (χ0v) is 28.5. The summed E-state index contributed by atoms with van der Waals surface area (Å²) in [5, 5.41) is 97.3. The van der Waals surface area contributed by atoms with Crippen molar-refractivity contribution in [2.45, 2.75) is 34.6 Å². The highest BCUT2D eigenvalue weighted by molar-refractivity contribution is 5.85. The molecule has 0 fully saturated rings. The lowest BCUT2D eigenvalue weighted by Gasteiger charge is -2.20. The van der Waals surface area contributed by atoms with Gasteiger partial charge in [0.1, 0.15) is 0 Å². The summed E-state index contributed by atoms with van der Waals surface area (Å²) >= 11 is 0. The van der Waals surface area contributed by atoms with E-state index in [-0.39, 0.29) is 56.4 Å². The highest BCUT2D eigenvalue weighted by Crippen LogP contribution is 2.11. The molecular formula is C31H54O18. The fourth-order valence-corrected chi connectivity index (χ4v) is 0.300. The van der Waals surface area contributed by atoms with E-state index in [1.54, 1.807) is 13.8 Å². The zero-order valence-electron chi connectivity index (χ0n) is 28.5. The number of aliphatic hydroxyl groups excluding tert-OH is 6. The molecule has 0 atom stereocenters. The van der Waals surface area contributed by atoms with Crippen molar-refractivity contribution in [3.8, 4) is 0 Å². The number of hydrogen-bond acceptors (Lipinski definition) is 12. The minimum atomic E-state index is -0.981. The topological polar surface area (TPSA) is 345 Å². The molecule has 0 bridgehead atoms. The Morgan fingerprint density at radius 3 is 0.510 bits per heavy atom. The van der Waals surface area contributed by atoms with Crippen LogP contribution in [0.5, 0.6) is 0 Å². The molecule has 0 aromatic heterocycles. The summed E-state index contributed by atoms with van der Waals surface area (Å²) in [6.07, 6.45) is 2.50. The van der Waals surface area contributed by atoms with Crippen molar-refractivity contribution in [3.63, 3.8) is 0 Å². The normalized spacial score (nSPS) is 8.63. The molecule has 0 aliphatic heterocycles. The molecular weight excluding hydrogens is 660 g/mol. The maximum absolute atomic E-state index is 9.60. The lowest BCUT2D eigenvalue weighted by Crippen LogP contribution is -2.29. The Balaban J connectivity index is -0.0000000658. The minimum absolute atomic E-state index is 0.176. The monoisotopic (exact) mass is 714 g/mol. The smallest absolute Gasteiger partial charge is 0.330 e. The molecule has 0 saturated heterocycles. The molecule has 18 heteroatoms. The van der Waals surface area contributed by atoms with Crippen LogP contribution in [0, 0.1) is 10.8 Å². The number of carboxylic acids is 6. The lowest BCUT2D eigenvalue weighted by molar-refractivity contribution is -0.133. The number of aliphatic carboxylic acids is 6. The second-order valence-corrected chi connectivity index (χ2v) is 9.45. The molecule has 286 valence electrons. The summed E-state index contributed by atoms with van der Waals surface area (Å²) < 4.78 is 0. The SMILES string of the molecule is C=C(C)C(=O)O.C=C(C)C(=O)O.C=C(C)C(=O)O.C=CC(=O)O.C=CC(=O)O.C=CC(=O)O.CC(CO)(CO)CO.CC(CO)(CO)CO. The summed E-state index contributed by atoms with van der Waals surface area (Å²) in [6.45, 7) is 24.8. The predicted octanol–water partition coefficient (Wildman–Crippen LogP) is 0.652. The van der Waals surface area contributed by atoms with Crippen LogP contribution in [0.2, 0.25) is 0 Å². The Hall–Kier alpha value is -4.98. The van der Waals surface area contributed by atoms with Crippen molar-refractivity contribution in [1.29, 1.82) is 0 Å². The molecule has 49 heavy (non-hydrogen) atoms. The Morgan fingerprint density at radius 1 is 0.429 bits per heavy atom. The summed E-state index contributed by atoms with van der Waals surface area (Å²) in [7, 11) is 0. The number of hydrogen-bond donors (Lipinski definition) is 12. The lowest BCUT2D eigenvalue weighted by atomic mass is 9.95. The summed E-state index contributed by atoms with van der Waals surface area (Å²) in [5.74, 6) is -5.75. The second-order valence-electron chi connectivity index (χ2n) is 9.45. The van der Waals surface area contributed by atoms with Gasteiger partial charge in [-0.25, -0.2) is 28.8 Å². The van der Waals surface area contributed by atoms with Crippen molar-refractivity contribution < 1.29 is 90.0 Å². The van der Waals surface area contributed by atoms with Gasteiger partial charge in [-0.05, 0) is 20.8 Å². The van der Waals surface area contributed by atoms with E-state index in [0.29, 0.717) is 0 Å². The van der Waals surface area contributed by atoms with Crippen LogP contribution in [0.15, 0.2) is 74.4 Å². The quantitative estimate of drug-likeness (QED) is 0.123. The Kier molecular flexibility index (Phi) is 52.6. The average molecular weight is 715 g/mol. The molecule has 0 radical (unpaired) electrons. The van der Waals surface area contributed by atoms with Crippen LogP contribution in [-0.4, -0.2) is 137 Å². The Morgan fingerprint density at radius 2 is 0.510 bits per heavy atom. The molecule has 0 aliphatic rings. The van der Waals surface area contributed by atoms with Crippen LogP contribution < -0.4 is 0 Å². The predicted molar refractivity (Wildman–Crippen MR) is 180 cm³/mol. The highest BCUT2D eigenvalue weighted by atomic mass is 16.4. The molecule has 0 saturated carbocycles. The van der Waals surface area contributed by atoms with Gasteiger partial charge in [-0.15, -0.1) is 0 Å². The van der Waals surface area contributed by atoms with Crippen molar-refractivity contribution >= 4 is 35.8 Å². The number of carbonyl (C=O) groups is 6. The number of rotatable bonds is 12. The fraction of sp³-hybridized carbons (Fsp3) is 0.419. The van der Waals surface area contributed by atoms with E-state index in [1.807, 2.05) is 0 Å². The fourth-order valence-electron chi connectivity index (χ4n) is 0.300. The van der Waals surface area contributed by atoms with Gasteiger partial charge < -0.3 is 61.3 Å². The van der Waals surface area contributed by atoms with Gasteiger partial charge in [0.25, 0.3) is 0 Å². The van der Waals surface area contributed by atoms with Crippen LogP contribution in [0.1, 0.15) is 34.6 Å². The van der Waals surface area contributed by atoms with Crippen molar-refractivity contribution in [3.05, 3.63) is 74.4 Å². The third-order valence-electron chi connectivity index (χ3n) is 3.91. The van der Waals surface area contributed by atoms with Crippen LogP contribution in [0.3, 0.4) is 0 Å². The van der Waals surface area contributed by atoms with Crippen molar-refractivity contribution in [2.24, 2.45) is 10.8 Å². The molecule has 0 rings (SSSR count). The summed E-state index contributed by atoms with van der Waals surface area (Å²) in [5.41, 5.74) is -0.889. The standard InChI is InChI=1S/2C5H12O3.3C4H6O2.3C3H4O2/c2*1-5(2-6,3-7)4-8;3*1-3(2)4(5)6;3*1-2-3(4)5/h2*6-8H,2-4H2,1H3;3*1H2,2H3,(H,5,6);3*2H,1H2,(H,4,5). The first kappa shape index (κ1) is 62.8. The highest BCUT2D eigenvalue weighted by Gasteiger charge is 2.20. The first-order valence-electron chi connectivity index (χ1n) is 13.0. The zero-order chi connectivity index (χ0) is 41.6. The van der Waals surface area contributed by atoms with Crippen molar-refractivity contribution in [1.82, 2.24) is 0 Å². The van der Waals surface area contributed by atoms with Crippen LogP contribution >= 0.6 is 0 Å². The van der Waals surface area contributed by atoms with Crippen LogP contribution in [0.25, 0.3) is 0 Å². The van der Waals surface area contributed by atoms with Crippen molar-refractivity contribution in [2.75, 3.05) is 39.6 Å². The molecule has 12 N–H and O–H groups in total. The maximum atomic E-state index is 9.60. The van der Waals surface area contributed by atoms with E-state index in [4.69, 9.17) is 61.3 Å². The van der Waals surface area contributed by atoms with Gasteiger partial charge in [-0.1, -0.05) is 53.3 Å². The minimum Gasteiger partial charge on any atom is -0.478 e. The van der Waals surface area contributed by atoms with E-state index < -0.39 is 46.6 Å². The van der Waals surface area contributed by atoms with E-state index in [1.165, 1.54) is 20.8 Å². The van der Waals surface area contributed by atoms with Gasteiger partial charge in [0.2, 0.25) is 0 Å². The van der Waals surface area contributed by atoms with E-state index in [0.717, 1.165) is 18.2 Å². The molecule has 0 aliphatic carbocycles. The Labute approximate surface area is 285 Å². The first-order valence-corrected chi connectivity index (χ1v) is 13.0. The number of carboxylic acid groups (broad SMARTS) is 6. The van der Waals surface area contributed by atoms with Gasteiger partial charge >= 0.3 is 35.8 Å². The van der Waals surface area contributed by atoms with E-state index >= 15 is 0 Å². The molecule has 0 spiro atoms. The first-order chi connectivity index (χ1) is 22.1. The molecule has 0 aromatic rings.